The zero-order valence-electron chi connectivity index (χ0n) is 10.9. The van der Waals surface area contributed by atoms with Gasteiger partial charge in [0, 0.05) is 35.8 Å². The molecule has 2 atom stereocenters. The minimum atomic E-state index is -0.212. The van der Waals surface area contributed by atoms with Gasteiger partial charge in [0.1, 0.15) is 0 Å². The van der Waals surface area contributed by atoms with Crippen LogP contribution in [0.1, 0.15) is 24.8 Å². The zero-order valence-corrected chi connectivity index (χ0v) is 11.6. The molecule has 0 aliphatic carbocycles. The zero-order chi connectivity index (χ0) is 13.4. The maximum Gasteiger partial charge on any atom is 0.409 e. The predicted octanol–water partition coefficient (Wildman–Crippen LogP) is 3.08. The van der Waals surface area contributed by atoms with E-state index in [0.717, 1.165) is 23.7 Å². The molecule has 1 saturated heterocycles. The fourth-order valence-electron chi connectivity index (χ4n) is 2.99. The van der Waals surface area contributed by atoms with Gasteiger partial charge >= 0.3 is 6.09 Å². The standard InChI is InChI=1S/C14H17ClN2O2/c1-2-19-14(18)17-6-5-13-11(8-17)10-7-9(15)3-4-12(10)16-13/h3-4,7,11,13,16H,2,5-6,8H2,1H3/t11-,13+/m1/s1. The van der Waals surface area contributed by atoms with Crippen LogP contribution in [0.5, 0.6) is 0 Å². The number of amides is 1. The molecule has 2 aliphatic rings. The third kappa shape index (κ3) is 2.25. The van der Waals surface area contributed by atoms with Crippen molar-refractivity contribution >= 4 is 23.4 Å². The highest BCUT2D eigenvalue weighted by Gasteiger charge is 2.38. The number of benzene rings is 1. The first-order chi connectivity index (χ1) is 9.19. The van der Waals surface area contributed by atoms with Gasteiger partial charge in [-0.1, -0.05) is 11.6 Å². The quantitative estimate of drug-likeness (QED) is 0.859. The fraction of sp³-hybridized carbons (Fsp3) is 0.500. The summed E-state index contributed by atoms with van der Waals surface area (Å²) in [5.41, 5.74) is 2.36. The Morgan fingerprint density at radius 3 is 3.21 bits per heavy atom. The average Bonchev–Trinajstić information content (AvgIpc) is 2.76. The molecule has 0 bridgehead atoms. The molecule has 2 aliphatic heterocycles. The number of nitrogens with one attached hydrogen (secondary N) is 1. The molecule has 1 aromatic rings. The van der Waals surface area contributed by atoms with Gasteiger partial charge in [-0.2, -0.15) is 0 Å². The summed E-state index contributed by atoms with van der Waals surface area (Å²) >= 11 is 6.07. The Bertz CT molecular complexity index is 506. The summed E-state index contributed by atoms with van der Waals surface area (Å²) in [6, 6.07) is 6.32. The Kier molecular flexibility index (Phi) is 3.27. The second kappa shape index (κ2) is 4.93. The van der Waals surface area contributed by atoms with Crippen LogP contribution >= 0.6 is 11.6 Å². The number of hydrogen-bond acceptors (Lipinski definition) is 3. The number of rotatable bonds is 1. The normalized spacial score (nSPS) is 24.4. The average molecular weight is 281 g/mol. The molecule has 0 unspecified atom stereocenters. The number of likely N-dealkylation sites (tertiary alicyclic amines) is 1. The number of piperidine rings is 1. The summed E-state index contributed by atoms with van der Waals surface area (Å²) in [5, 5.41) is 4.26. The van der Waals surface area contributed by atoms with E-state index in [1.807, 2.05) is 25.1 Å². The summed E-state index contributed by atoms with van der Waals surface area (Å²) in [7, 11) is 0. The first-order valence-electron chi connectivity index (χ1n) is 6.66. The first kappa shape index (κ1) is 12.6. The third-order valence-corrected chi connectivity index (χ3v) is 4.13. The Morgan fingerprint density at radius 2 is 2.42 bits per heavy atom. The minimum Gasteiger partial charge on any atom is -0.450 e. The van der Waals surface area contributed by atoms with E-state index in [1.54, 1.807) is 4.90 Å². The van der Waals surface area contributed by atoms with E-state index in [1.165, 1.54) is 5.56 Å². The van der Waals surface area contributed by atoms with Crippen LogP contribution in [0.15, 0.2) is 18.2 Å². The molecular formula is C14H17ClN2O2. The Hall–Kier alpha value is -1.42. The van der Waals surface area contributed by atoms with Crippen molar-refractivity contribution in [2.45, 2.75) is 25.3 Å². The lowest BCUT2D eigenvalue weighted by molar-refractivity contribution is 0.0949. The van der Waals surface area contributed by atoms with Gasteiger partial charge in [0.2, 0.25) is 0 Å². The van der Waals surface area contributed by atoms with Gasteiger partial charge in [-0.05, 0) is 37.1 Å². The van der Waals surface area contributed by atoms with E-state index in [2.05, 4.69) is 5.32 Å². The Labute approximate surface area is 117 Å². The van der Waals surface area contributed by atoms with Crippen molar-refractivity contribution in [1.29, 1.82) is 0 Å². The Balaban J connectivity index is 1.80. The van der Waals surface area contributed by atoms with Gasteiger partial charge in [0.05, 0.1) is 6.61 Å². The number of carbonyl (C=O) groups excluding carboxylic acids is 1. The maximum atomic E-state index is 11.8. The van der Waals surface area contributed by atoms with Crippen LogP contribution in [0.2, 0.25) is 5.02 Å². The van der Waals surface area contributed by atoms with Crippen molar-refractivity contribution < 1.29 is 9.53 Å². The van der Waals surface area contributed by atoms with E-state index in [4.69, 9.17) is 16.3 Å². The van der Waals surface area contributed by atoms with Crippen molar-refractivity contribution in [2.24, 2.45) is 0 Å². The van der Waals surface area contributed by atoms with Crippen LogP contribution in [0.3, 0.4) is 0 Å². The van der Waals surface area contributed by atoms with Crippen molar-refractivity contribution in [2.75, 3.05) is 25.0 Å². The van der Waals surface area contributed by atoms with Gasteiger partial charge in [-0.25, -0.2) is 4.79 Å². The van der Waals surface area contributed by atoms with Crippen molar-refractivity contribution in [3.05, 3.63) is 28.8 Å². The molecule has 102 valence electrons. The topological polar surface area (TPSA) is 41.6 Å². The molecule has 3 rings (SSSR count). The number of anilines is 1. The second-order valence-electron chi connectivity index (χ2n) is 5.02. The van der Waals surface area contributed by atoms with Gasteiger partial charge < -0.3 is 15.0 Å². The lowest BCUT2D eigenvalue weighted by atomic mass is 9.89. The molecule has 1 fully saturated rings. The number of fused-ring (bicyclic) bond motifs is 3. The second-order valence-corrected chi connectivity index (χ2v) is 5.46. The number of hydrogen-bond donors (Lipinski definition) is 1. The van der Waals surface area contributed by atoms with E-state index < -0.39 is 0 Å². The molecule has 0 radical (unpaired) electrons. The summed E-state index contributed by atoms with van der Waals surface area (Å²) in [6.07, 6.45) is 0.729. The largest absolute Gasteiger partial charge is 0.450 e. The van der Waals surface area contributed by atoms with Crippen LogP contribution in [0, 0.1) is 0 Å². The van der Waals surface area contributed by atoms with Crippen LogP contribution in [-0.4, -0.2) is 36.7 Å². The third-order valence-electron chi connectivity index (χ3n) is 3.89. The van der Waals surface area contributed by atoms with E-state index >= 15 is 0 Å². The molecule has 1 N–H and O–H groups in total. The summed E-state index contributed by atoms with van der Waals surface area (Å²) in [5.74, 6) is 0.312. The molecule has 19 heavy (non-hydrogen) atoms. The summed E-state index contributed by atoms with van der Waals surface area (Å²) in [4.78, 5) is 13.6. The molecule has 1 aromatic carbocycles. The van der Waals surface area contributed by atoms with E-state index in [0.29, 0.717) is 25.1 Å². The SMILES string of the molecule is CCOC(=O)N1CC[C@@H]2Nc3ccc(Cl)cc3[C@H]2C1. The molecule has 0 aromatic heterocycles. The molecule has 2 heterocycles. The molecule has 5 heteroatoms. The highest BCUT2D eigenvalue weighted by Crippen LogP contribution is 2.41. The molecule has 4 nitrogen and oxygen atoms in total. The molecule has 0 saturated carbocycles. The predicted molar refractivity (Wildman–Crippen MR) is 74.8 cm³/mol. The van der Waals surface area contributed by atoms with Crippen molar-refractivity contribution in [3.63, 3.8) is 0 Å². The lowest BCUT2D eigenvalue weighted by Gasteiger charge is -2.34. The molecule has 0 spiro atoms. The summed E-state index contributed by atoms with van der Waals surface area (Å²) < 4.78 is 5.08. The first-order valence-corrected chi connectivity index (χ1v) is 7.04. The van der Waals surface area contributed by atoms with Crippen LogP contribution < -0.4 is 5.32 Å². The number of ether oxygens (including phenoxy) is 1. The van der Waals surface area contributed by atoms with Crippen molar-refractivity contribution in [1.82, 2.24) is 4.90 Å². The number of halogens is 1. The number of nitrogens with zero attached hydrogens (tertiary/aromatic N) is 1. The van der Waals surface area contributed by atoms with Gasteiger partial charge in [0.25, 0.3) is 0 Å². The Morgan fingerprint density at radius 1 is 1.58 bits per heavy atom. The molecule has 1 amide bonds. The fourth-order valence-corrected chi connectivity index (χ4v) is 3.17. The lowest BCUT2D eigenvalue weighted by Crippen LogP contribution is -2.45. The van der Waals surface area contributed by atoms with Gasteiger partial charge in [-0.3, -0.25) is 0 Å². The van der Waals surface area contributed by atoms with Gasteiger partial charge in [0.15, 0.2) is 0 Å². The monoisotopic (exact) mass is 280 g/mol. The van der Waals surface area contributed by atoms with E-state index in [-0.39, 0.29) is 6.09 Å². The molecular weight excluding hydrogens is 264 g/mol. The highest BCUT2D eigenvalue weighted by atomic mass is 35.5. The van der Waals surface area contributed by atoms with Crippen molar-refractivity contribution in [3.8, 4) is 0 Å². The van der Waals surface area contributed by atoms with E-state index in [9.17, 15) is 4.79 Å². The maximum absolute atomic E-state index is 11.8. The summed E-state index contributed by atoms with van der Waals surface area (Å²) in [6.45, 7) is 3.69. The minimum absolute atomic E-state index is 0.212. The highest BCUT2D eigenvalue weighted by molar-refractivity contribution is 6.30. The smallest absolute Gasteiger partial charge is 0.409 e. The number of carbonyl (C=O) groups is 1. The van der Waals surface area contributed by atoms with Crippen LogP contribution in [0.25, 0.3) is 0 Å². The van der Waals surface area contributed by atoms with Crippen LogP contribution in [-0.2, 0) is 4.74 Å². The van der Waals surface area contributed by atoms with Crippen LogP contribution in [0.4, 0.5) is 10.5 Å². The van der Waals surface area contributed by atoms with Gasteiger partial charge in [-0.15, -0.1) is 0 Å².